The number of hydrogen-bond donors (Lipinski definition) is 1. The van der Waals surface area contributed by atoms with Crippen molar-refractivity contribution in [2.24, 2.45) is 11.7 Å². The predicted octanol–water partition coefficient (Wildman–Crippen LogP) is 3.28. The molecule has 4 heteroatoms. The van der Waals surface area contributed by atoms with Crippen molar-refractivity contribution in [1.29, 1.82) is 0 Å². The normalized spacial score (nSPS) is 14.5. The van der Waals surface area contributed by atoms with Gasteiger partial charge in [0.25, 0.3) is 0 Å². The monoisotopic (exact) mass is 285 g/mol. The van der Waals surface area contributed by atoms with Crippen molar-refractivity contribution in [3.05, 3.63) is 28.8 Å². The van der Waals surface area contributed by atoms with Crippen LogP contribution in [0.5, 0.6) is 5.75 Å². The number of nitrogens with two attached hydrogens (primary N) is 1. The largest absolute Gasteiger partial charge is 0.496 e. The topological polar surface area (TPSA) is 44.5 Å². The number of methoxy groups -OCH3 is 1. The van der Waals surface area contributed by atoms with Crippen molar-refractivity contribution >= 4 is 11.6 Å². The highest BCUT2D eigenvalue weighted by Gasteiger charge is 2.23. The lowest BCUT2D eigenvalue weighted by Crippen LogP contribution is -2.42. The van der Waals surface area contributed by atoms with Crippen LogP contribution in [-0.4, -0.2) is 25.9 Å². The van der Waals surface area contributed by atoms with E-state index in [1.54, 1.807) is 7.11 Å². The minimum absolute atomic E-state index is 0.0358. The maximum Gasteiger partial charge on any atom is 0.122 e. The molecule has 1 rings (SSSR count). The van der Waals surface area contributed by atoms with Gasteiger partial charge in [-0.05, 0) is 43.0 Å². The molecule has 0 radical (unpaired) electrons. The lowest BCUT2D eigenvalue weighted by atomic mass is 9.94. The fraction of sp³-hybridized carbons (Fsp3) is 0.600. The first-order valence-corrected chi connectivity index (χ1v) is 7.07. The first-order chi connectivity index (χ1) is 8.99. The smallest absolute Gasteiger partial charge is 0.122 e. The van der Waals surface area contributed by atoms with E-state index in [4.69, 9.17) is 26.8 Å². The number of ether oxygens (including phenoxy) is 2. The van der Waals surface area contributed by atoms with Gasteiger partial charge in [-0.1, -0.05) is 25.4 Å². The van der Waals surface area contributed by atoms with Gasteiger partial charge in [0.15, 0.2) is 0 Å². The molecule has 19 heavy (non-hydrogen) atoms. The Labute approximate surface area is 121 Å². The summed E-state index contributed by atoms with van der Waals surface area (Å²) in [5.74, 6) is 1.19. The summed E-state index contributed by atoms with van der Waals surface area (Å²) in [6.07, 6.45) is 0.723. The minimum atomic E-state index is -0.0766. The summed E-state index contributed by atoms with van der Waals surface area (Å²) >= 11 is 6.03. The van der Waals surface area contributed by atoms with Gasteiger partial charge in [-0.15, -0.1) is 0 Å². The van der Waals surface area contributed by atoms with E-state index in [-0.39, 0.29) is 12.1 Å². The van der Waals surface area contributed by atoms with Crippen LogP contribution in [0.1, 0.15) is 26.3 Å². The highest BCUT2D eigenvalue weighted by molar-refractivity contribution is 6.30. The summed E-state index contributed by atoms with van der Waals surface area (Å²) in [5, 5.41) is 0.695. The molecule has 0 aromatic heterocycles. The van der Waals surface area contributed by atoms with Gasteiger partial charge < -0.3 is 15.2 Å². The summed E-state index contributed by atoms with van der Waals surface area (Å²) in [6, 6.07) is 5.52. The van der Waals surface area contributed by atoms with Gasteiger partial charge in [0.1, 0.15) is 5.75 Å². The highest BCUT2D eigenvalue weighted by atomic mass is 35.5. The molecule has 0 aliphatic heterocycles. The molecule has 0 bridgehead atoms. The molecule has 0 aliphatic carbocycles. The third-order valence-electron chi connectivity index (χ3n) is 3.14. The Hall–Kier alpha value is -0.770. The van der Waals surface area contributed by atoms with Crippen LogP contribution >= 0.6 is 11.6 Å². The van der Waals surface area contributed by atoms with Crippen LogP contribution in [-0.2, 0) is 11.2 Å². The zero-order chi connectivity index (χ0) is 14.4. The average Bonchev–Trinajstić information content (AvgIpc) is 2.35. The first kappa shape index (κ1) is 16.3. The van der Waals surface area contributed by atoms with E-state index < -0.39 is 0 Å². The van der Waals surface area contributed by atoms with Crippen molar-refractivity contribution < 1.29 is 9.47 Å². The molecular formula is C15H24ClNO2. The van der Waals surface area contributed by atoms with E-state index in [9.17, 15) is 0 Å². The van der Waals surface area contributed by atoms with Crippen LogP contribution in [0.15, 0.2) is 18.2 Å². The van der Waals surface area contributed by atoms with Gasteiger partial charge in [0.05, 0.1) is 13.2 Å². The number of benzene rings is 1. The molecule has 0 heterocycles. The van der Waals surface area contributed by atoms with Crippen molar-refractivity contribution in [3.8, 4) is 5.75 Å². The van der Waals surface area contributed by atoms with Crippen molar-refractivity contribution in [2.75, 3.05) is 13.7 Å². The van der Waals surface area contributed by atoms with Gasteiger partial charge in [-0.2, -0.15) is 0 Å². The minimum Gasteiger partial charge on any atom is -0.496 e. The third kappa shape index (κ3) is 4.68. The number of hydrogen-bond acceptors (Lipinski definition) is 3. The third-order valence-corrected chi connectivity index (χ3v) is 3.37. The summed E-state index contributed by atoms with van der Waals surface area (Å²) in [7, 11) is 1.65. The molecule has 2 N–H and O–H groups in total. The lowest BCUT2D eigenvalue weighted by Gasteiger charge is -2.27. The lowest BCUT2D eigenvalue weighted by molar-refractivity contribution is 0.0127. The fourth-order valence-electron chi connectivity index (χ4n) is 2.28. The Bertz CT molecular complexity index is 396. The predicted molar refractivity (Wildman–Crippen MR) is 79.9 cm³/mol. The van der Waals surface area contributed by atoms with Crippen molar-refractivity contribution in [2.45, 2.75) is 39.3 Å². The van der Waals surface area contributed by atoms with Gasteiger partial charge in [-0.3, -0.25) is 0 Å². The summed E-state index contributed by atoms with van der Waals surface area (Å²) in [5.41, 5.74) is 7.31. The molecule has 0 amide bonds. The second-order valence-corrected chi connectivity index (χ2v) is 5.42. The molecule has 1 aromatic rings. The molecule has 0 saturated heterocycles. The molecule has 1 aromatic carbocycles. The van der Waals surface area contributed by atoms with E-state index in [2.05, 4.69) is 13.8 Å². The Morgan fingerprint density at radius 3 is 2.53 bits per heavy atom. The van der Waals surface area contributed by atoms with E-state index in [1.807, 2.05) is 25.1 Å². The second-order valence-electron chi connectivity index (χ2n) is 4.99. The van der Waals surface area contributed by atoms with Crippen LogP contribution in [0, 0.1) is 5.92 Å². The standard InChI is InChI=1S/C15H24ClNO2/c1-5-19-15(10(2)3)13(17)9-11-8-12(16)6-7-14(11)18-4/h6-8,10,13,15H,5,9,17H2,1-4H3. The molecule has 0 spiro atoms. The maximum absolute atomic E-state index is 6.29. The second kappa shape index (κ2) is 7.73. The molecule has 3 nitrogen and oxygen atoms in total. The van der Waals surface area contributed by atoms with Crippen LogP contribution < -0.4 is 10.5 Å². The zero-order valence-electron chi connectivity index (χ0n) is 12.2. The number of rotatable bonds is 7. The van der Waals surface area contributed by atoms with Crippen LogP contribution in [0.3, 0.4) is 0 Å². The van der Waals surface area contributed by atoms with Gasteiger partial charge >= 0.3 is 0 Å². The zero-order valence-corrected chi connectivity index (χ0v) is 12.9. The number of halogens is 1. The molecular weight excluding hydrogens is 262 g/mol. The Kier molecular flexibility index (Phi) is 6.63. The Morgan fingerprint density at radius 2 is 2.00 bits per heavy atom. The van der Waals surface area contributed by atoms with Crippen LogP contribution in [0.4, 0.5) is 0 Å². The van der Waals surface area contributed by atoms with E-state index in [0.717, 1.165) is 11.3 Å². The van der Waals surface area contributed by atoms with Crippen molar-refractivity contribution in [3.63, 3.8) is 0 Å². The van der Waals surface area contributed by atoms with E-state index in [1.165, 1.54) is 0 Å². The van der Waals surface area contributed by atoms with Crippen molar-refractivity contribution in [1.82, 2.24) is 0 Å². The van der Waals surface area contributed by atoms with E-state index in [0.29, 0.717) is 24.0 Å². The van der Waals surface area contributed by atoms with Gasteiger partial charge in [0, 0.05) is 17.7 Å². The first-order valence-electron chi connectivity index (χ1n) is 6.69. The molecule has 2 atom stereocenters. The van der Waals surface area contributed by atoms with Crippen LogP contribution in [0.2, 0.25) is 5.02 Å². The maximum atomic E-state index is 6.29. The molecule has 0 aliphatic rings. The Morgan fingerprint density at radius 1 is 1.32 bits per heavy atom. The SMILES string of the molecule is CCOC(C(C)C)C(N)Cc1cc(Cl)ccc1OC. The molecule has 108 valence electrons. The summed E-state index contributed by atoms with van der Waals surface area (Å²) in [6.45, 7) is 6.90. The molecule has 0 saturated carbocycles. The summed E-state index contributed by atoms with van der Waals surface area (Å²) in [4.78, 5) is 0. The van der Waals surface area contributed by atoms with Gasteiger partial charge in [-0.25, -0.2) is 0 Å². The van der Waals surface area contributed by atoms with Gasteiger partial charge in [0.2, 0.25) is 0 Å². The quantitative estimate of drug-likeness (QED) is 0.836. The summed E-state index contributed by atoms with van der Waals surface area (Å²) < 4.78 is 11.1. The highest BCUT2D eigenvalue weighted by Crippen LogP contribution is 2.25. The molecule has 2 unspecified atom stereocenters. The van der Waals surface area contributed by atoms with E-state index >= 15 is 0 Å². The molecule has 0 fully saturated rings. The fourth-order valence-corrected chi connectivity index (χ4v) is 2.47. The van der Waals surface area contributed by atoms with Crippen LogP contribution in [0.25, 0.3) is 0 Å². The average molecular weight is 286 g/mol. The Balaban J connectivity index is 2.85.